The van der Waals surface area contributed by atoms with Crippen LogP contribution in [0.1, 0.15) is 37.8 Å². The first-order valence-electron chi connectivity index (χ1n) is 7.54. The highest BCUT2D eigenvalue weighted by atomic mass is 32.2. The van der Waals surface area contributed by atoms with Crippen LogP contribution < -0.4 is 0 Å². The molecule has 1 N–H and O–H groups in total. The SMILES string of the molecule is CCCCN1CN(C(CC(=O)O)c2ccccc2)CSC1=S. The minimum atomic E-state index is -0.771. The van der Waals surface area contributed by atoms with Crippen molar-refractivity contribution in [3.8, 4) is 0 Å². The fourth-order valence-electron chi connectivity index (χ4n) is 2.55. The van der Waals surface area contributed by atoms with Gasteiger partial charge >= 0.3 is 5.97 Å². The van der Waals surface area contributed by atoms with Crippen molar-refractivity contribution >= 4 is 34.3 Å². The summed E-state index contributed by atoms with van der Waals surface area (Å²) in [6.07, 6.45) is 2.34. The molecule has 0 amide bonds. The third-order valence-electron chi connectivity index (χ3n) is 3.74. The van der Waals surface area contributed by atoms with Gasteiger partial charge in [0, 0.05) is 12.6 Å². The minimum absolute atomic E-state index is 0.110. The van der Waals surface area contributed by atoms with Gasteiger partial charge in [0.25, 0.3) is 0 Å². The molecule has 0 radical (unpaired) electrons. The molecule has 4 nitrogen and oxygen atoms in total. The van der Waals surface area contributed by atoms with Crippen LogP contribution in [-0.2, 0) is 4.79 Å². The lowest BCUT2D eigenvalue weighted by molar-refractivity contribution is -0.138. The van der Waals surface area contributed by atoms with E-state index in [-0.39, 0.29) is 12.5 Å². The third-order valence-corrected chi connectivity index (χ3v) is 5.32. The zero-order chi connectivity index (χ0) is 15.9. The lowest BCUT2D eigenvalue weighted by Gasteiger charge is -2.40. The van der Waals surface area contributed by atoms with E-state index >= 15 is 0 Å². The molecule has 120 valence electrons. The molecule has 1 atom stereocenters. The molecule has 0 aromatic heterocycles. The summed E-state index contributed by atoms with van der Waals surface area (Å²) in [7, 11) is 0. The van der Waals surface area contributed by atoms with Crippen molar-refractivity contribution in [3.63, 3.8) is 0 Å². The molecule has 6 heteroatoms. The predicted octanol–water partition coefficient (Wildman–Crippen LogP) is 3.55. The third kappa shape index (κ3) is 4.69. The molecule has 1 aliphatic rings. The zero-order valence-electron chi connectivity index (χ0n) is 12.8. The number of thiocarbonyl (C=S) groups is 1. The van der Waals surface area contributed by atoms with E-state index < -0.39 is 5.97 Å². The molecule has 0 bridgehead atoms. The van der Waals surface area contributed by atoms with Gasteiger partial charge in [-0.05, 0) is 12.0 Å². The van der Waals surface area contributed by atoms with Gasteiger partial charge in [-0.3, -0.25) is 9.69 Å². The predicted molar refractivity (Wildman–Crippen MR) is 94.8 cm³/mol. The highest BCUT2D eigenvalue weighted by Crippen LogP contribution is 2.30. The average molecular weight is 338 g/mol. The van der Waals surface area contributed by atoms with Crippen molar-refractivity contribution in [2.75, 3.05) is 19.1 Å². The van der Waals surface area contributed by atoms with E-state index in [1.165, 1.54) is 0 Å². The standard InChI is InChI=1S/C16H22N2O2S2/c1-2-3-9-17-11-18(12-22-16(17)21)14(10-15(19)20)13-7-5-4-6-8-13/h4-8,14H,2-3,9-12H2,1H3,(H,19,20). The fourth-order valence-corrected chi connectivity index (χ4v) is 3.72. The summed E-state index contributed by atoms with van der Waals surface area (Å²) in [5, 5.41) is 9.26. The number of hydrogen-bond donors (Lipinski definition) is 1. The van der Waals surface area contributed by atoms with Crippen molar-refractivity contribution in [2.45, 2.75) is 32.2 Å². The Bertz CT molecular complexity index is 510. The molecule has 1 aliphatic heterocycles. The van der Waals surface area contributed by atoms with Crippen molar-refractivity contribution in [1.29, 1.82) is 0 Å². The molecule has 2 rings (SSSR count). The van der Waals surface area contributed by atoms with Crippen LogP contribution in [0.5, 0.6) is 0 Å². The Hall–Kier alpha value is -1.11. The number of rotatable bonds is 7. The highest BCUT2D eigenvalue weighted by Gasteiger charge is 2.29. The summed E-state index contributed by atoms with van der Waals surface area (Å²) < 4.78 is 0.923. The Balaban J connectivity index is 2.13. The number of unbranched alkanes of at least 4 members (excludes halogenated alkanes) is 1. The van der Waals surface area contributed by atoms with Crippen molar-refractivity contribution < 1.29 is 9.90 Å². The Labute approximate surface area is 141 Å². The van der Waals surface area contributed by atoms with Gasteiger partial charge in [-0.15, -0.1) is 0 Å². The minimum Gasteiger partial charge on any atom is -0.481 e. The van der Waals surface area contributed by atoms with Crippen LogP contribution in [0.15, 0.2) is 30.3 Å². The van der Waals surface area contributed by atoms with E-state index in [1.54, 1.807) is 11.8 Å². The molecule has 0 spiro atoms. The fraction of sp³-hybridized carbons (Fsp3) is 0.500. The molecule has 1 fully saturated rings. The molecule has 1 aromatic carbocycles. The van der Waals surface area contributed by atoms with E-state index in [4.69, 9.17) is 12.2 Å². The topological polar surface area (TPSA) is 43.8 Å². The summed E-state index contributed by atoms with van der Waals surface area (Å²) >= 11 is 7.06. The molecular weight excluding hydrogens is 316 g/mol. The highest BCUT2D eigenvalue weighted by molar-refractivity contribution is 8.22. The van der Waals surface area contributed by atoms with Crippen LogP contribution in [0.3, 0.4) is 0 Å². The molecule has 1 saturated heterocycles. The lowest BCUT2D eigenvalue weighted by atomic mass is 10.0. The molecule has 1 unspecified atom stereocenters. The van der Waals surface area contributed by atoms with Gasteiger partial charge < -0.3 is 10.0 Å². The van der Waals surface area contributed by atoms with Gasteiger partial charge in [0.1, 0.15) is 4.32 Å². The largest absolute Gasteiger partial charge is 0.481 e. The van der Waals surface area contributed by atoms with Gasteiger partial charge in [0.05, 0.1) is 19.0 Å². The number of benzene rings is 1. The monoisotopic (exact) mass is 338 g/mol. The first kappa shape index (κ1) is 17.2. The lowest BCUT2D eigenvalue weighted by Crippen LogP contribution is -2.46. The van der Waals surface area contributed by atoms with Gasteiger partial charge in [-0.25, -0.2) is 0 Å². The number of thioether (sulfide) groups is 1. The van der Waals surface area contributed by atoms with Crippen LogP contribution in [-0.4, -0.2) is 44.3 Å². The Kier molecular flexibility index (Phi) is 6.67. The number of aliphatic carboxylic acids is 1. The number of carboxylic acid groups (broad SMARTS) is 1. The number of hydrogen-bond acceptors (Lipinski definition) is 4. The molecule has 0 saturated carbocycles. The van der Waals surface area contributed by atoms with Crippen LogP contribution >= 0.6 is 24.0 Å². The smallest absolute Gasteiger partial charge is 0.305 e. The number of carboxylic acids is 1. The second-order valence-corrected chi connectivity index (χ2v) is 6.99. The second kappa shape index (κ2) is 8.50. The van der Waals surface area contributed by atoms with E-state index in [0.717, 1.165) is 35.1 Å². The normalized spacial score (nSPS) is 17.5. The van der Waals surface area contributed by atoms with E-state index in [1.807, 2.05) is 30.3 Å². The van der Waals surface area contributed by atoms with Crippen LogP contribution in [0.25, 0.3) is 0 Å². The van der Waals surface area contributed by atoms with Crippen molar-refractivity contribution in [3.05, 3.63) is 35.9 Å². The van der Waals surface area contributed by atoms with E-state index in [2.05, 4.69) is 16.7 Å². The first-order valence-corrected chi connectivity index (χ1v) is 8.93. The maximum absolute atomic E-state index is 11.3. The number of carbonyl (C=O) groups is 1. The van der Waals surface area contributed by atoms with Crippen molar-refractivity contribution in [2.24, 2.45) is 0 Å². The molecule has 22 heavy (non-hydrogen) atoms. The zero-order valence-corrected chi connectivity index (χ0v) is 14.4. The summed E-state index contributed by atoms with van der Waals surface area (Å²) in [5.74, 6) is -0.0268. The van der Waals surface area contributed by atoms with Crippen LogP contribution in [0.4, 0.5) is 0 Å². The molecule has 1 aromatic rings. The van der Waals surface area contributed by atoms with E-state index in [9.17, 15) is 9.90 Å². The molecule has 1 heterocycles. The number of nitrogens with zero attached hydrogens (tertiary/aromatic N) is 2. The summed E-state index contributed by atoms with van der Waals surface area (Å²) in [6.45, 7) is 3.81. The maximum atomic E-state index is 11.3. The summed E-state index contributed by atoms with van der Waals surface area (Å²) in [5.41, 5.74) is 1.05. The summed E-state index contributed by atoms with van der Waals surface area (Å²) in [4.78, 5) is 15.7. The van der Waals surface area contributed by atoms with Crippen LogP contribution in [0, 0.1) is 0 Å². The van der Waals surface area contributed by atoms with Gasteiger partial charge in [0.15, 0.2) is 0 Å². The molecular formula is C16H22N2O2S2. The first-order chi connectivity index (χ1) is 10.6. The van der Waals surface area contributed by atoms with Gasteiger partial charge in [-0.2, -0.15) is 0 Å². The second-order valence-electron chi connectivity index (χ2n) is 5.41. The summed E-state index contributed by atoms with van der Waals surface area (Å²) in [6, 6.07) is 9.76. The maximum Gasteiger partial charge on any atom is 0.305 e. The average Bonchev–Trinajstić information content (AvgIpc) is 2.53. The van der Waals surface area contributed by atoms with Crippen LogP contribution in [0.2, 0.25) is 0 Å². The molecule has 0 aliphatic carbocycles. The Morgan fingerprint density at radius 3 is 2.77 bits per heavy atom. The quantitative estimate of drug-likeness (QED) is 0.767. The Morgan fingerprint density at radius 2 is 2.14 bits per heavy atom. The van der Waals surface area contributed by atoms with Gasteiger partial charge in [-0.1, -0.05) is 67.7 Å². The Morgan fingerprint density at radius 1 is 1.41 bits per heavy atom. The van der Waals surface area contributed by atoms with Gasteiger partial charge in [0.2, 0.25) is 0 Å². The van der Waals surface area contributed by atoms with E-state index in [0.29, 0.717) is 6.67 Å². The van der Waals surface area contributed by atoms with Crippen molar-refractivity contribution in [1.82, 2.24) is 9.80 Å².